The van der Waals surface area contributed by atoms with E-state index in [9.17, 15) is 9.90 Å². The highest BCUT2D eigenvalue weighted by atomic mass is 16.3. The fourth-order valence-electron chi connectivity index (χ4n) is 2.71. The van der Waals surface area contributed by atoms with Crippen molar-refractivity contribution in [3.63, 3.8) is 0 Å². The van der Waals surface area contributed by atoms with Crippen LogP contribution < -0.4 is 0 Å². The monoisotopic (exact) mass is 328 g/mol. The summed E-state index contributed by atoms with van der Waals surface area (Å²) in [5, 5.41) is 18.5. The van der Waals surface area contributed by atoms with E-state index in [0.29, 0.717) is 12.5 Å². The van der Waals surface area contributed by atoms with Crippen molar-refractivity contribution in [2.75, 3.05) is 13.1 Å². The molecule has 0 aliphatic heterocycles. The average Bonchev–Trinajstić information content (AvgIpc) is 3.33. The summed E-state index contributed by atoms with van der Waals surface area (Å²) in [5.41, 5.74) is 2.95. The Morgan fingerprint density at radius 3 is 2.71 bits per heavy atom. The molecule has 3 rings (SSSR count). The van der Waals surface area contributed by atoms with Gasteiger partial charge in [0.25, 0.3) is 0 Å². The molecule has 2 aromatic rings. The second-order valence-corrected chi connectivity index (χ2v) is 6.47. The molecule has 0 bridgehead atoms. The van der Waals surface area contributed by atoms with E-state index in [-0.39, 0.29) is 19.0 Å². The van der Waals surface area contributed by atoms with Gasteiger partial charge in [-0.25, -0.2) is 4.68 Å². The van der Waals surface area contributed by atoms with Gasteiger partial charge in [0.15, 0.2) is 0 Å². The molecule has 1 fully saturated rings. The van der Waals surface area contributed by atoms with E-state index in [1.807, 2.05) is 44.3 Å². The molecule has 6 heteroatoms. The predicted molar refractivity (Wildman–Crippen MR) is 90.4 cm³/mol. The number of hydrogen-bond donors (Lipinski definition) is 1. The van der Waals surface area contributed by atoms with Gasteiger partial charge in [0.2, 0.25) is 5.91 Å². The number of carbonyl (C=O) groups excluding carboxylic acids is 1. The second-order valence-electron chi connectivity index (χ2n) is 6.47. The minimum atomic E-state index is -0.688. The summed E-state index contributed by atoms with van der Waals surface area (Å²) in [4.78, 5) is 14.1. The summed E-state index contributed by atoms with van der Waals surface area (Å²) < 4.78 is 1.59. The van der Waals surface area contributed by atoms with Crippen LogP contribution in [0.1, 0.15) is 48.6 Å². The molecule has 0 spiro atoms. The molecule has 0 radical (unpaired) electrons. The lowest BCUT2D eigenvalue weighted by Crippen LogP contribution is -2.37. The third-order valence-electron chi connectivity index (χ3n) is 4.44. The number of rotatable bonds is 7. The molecule has 24 heavy (non-hydrogen) atoms. The van der Waals surface area contributed by atoms with E-state index >= 15 is 0 Å². The molecule has 1 heterocycles. The first kappa shape index (κ1) is 16.6. The van der Waals surface area contributed by atoms with Crippen LogP contribution in [0.3, 0.4) is 0 Å². The van der Waals surface area contributed by atoms with Crippen molar-refractivity contribution in [2.45, 2.75) is 45.3 Å². The van der Waals surface area contributed by atoms with Gasteiger partial charge in [0.05, 0.1) is 18.3 Å². The molecule has 1 saturated carbocycles. The summed E-state index contributed by atoms with van der Waals surface area (Å²) in [6.07, 6.45) is 3.50. The summed E-state index contributed by atoms with van der Waals surface area (Å²) in [6.45, 7) is 4.91. The SMILES string of the molecule is CCN(CC(O)c1ccc(C)cc1)C(=O)Cn1cc(C2CC2)nn1. The number of aryl methyl sites for hydroxylation is 1. The van der Waals surface area contributed by atoms with Crippen molar-refractivity contribution < 1.29 is 9.90 Å². The lowest BCUT2D eigenvalue weighted by molar-refractivity contribution is -0.133. The van der Waals surface area contributed by atoms with E-state index in [1.54, 1.807) is 9.58 Å². The third kappa shape index (κ3) is 4.00. The average molecular weight is 328 g/mol. The summed E-state index contributed by atoms with van der Waals surface area (Å²) in [7, 11) is 0. The molecular formula is C18H24N4O2. The molecule has 1 unspecified atom stereocenters. The highest BCUT2D eigenvalue weighted by molar-refractivity contribution is 5.75. The van der Waals surface area contributed by atoms with Crippen molar-refractivity contribution in [3.05, 3.63) is 47.3 Å². The summed E-state index contributed by atoms with van der Waals surface area (Å²) in [5.74, 6) is 0.468. The van der Waals surface area contributed by atoms with Crippen LogP contribution in [-0.2, 0) is 11.3 Å². The summed E-state index contributed by atoms with van der Waals surface area (Å²) >= 11 is 0. The van der Waals surface area contributed by atoms with Gasteiger partial charge >= 0.3 is 0 Å². The van der Waals surface area contributed by atoms with E-state index in [2.05, 4.69) is 10.3 Å². The molecule has 1 aliphatic carbocycles. The normalized spacial score (nSPS) is 15.3. The second kappa shape index (κ2) is 7.13. The summed E-state index contributed by atoms with van der Waals surface area (Å²) in [6, 6.07) is 7.73. The maximum absolute atomic E-state index is 12.5. The molecule has 1 aliphatic rings. The number of benzene rings is 1. The zero-order valence-electron chi connectivity index (χ0n) is 14.2. The van der Waals surface area contributed by atoms with E-state index in [0.717, 1.165) is 29.7 Å². The van der Waals surface area contributed by atoms with E-state index in [1.165, 1.54) is 0 Å². The number of carbonyl (C=O) groups is 1. The number of hydrogen-bond acceptors (Lipinski definition) is 4. The van der Waals surface area contributed by atoms with Crippen molar-refractivity contribution in [1.82, 2.24) is 19.9 Å². The maximum atomic E-state index is 12.5. The Morgan fingerprint density at radius 2 is 2.08 bits per heavy atom. The van der Waals surface area contributed by atoms with Gasteiger partial charge in [-0.2, -0.15) is 0 Å². The molecule has 1 aromatic carbocycles. The Labute approximate surface area is 142 Å². The topological polar surface area (TPSA) is 71.2 Å². The molecule has 0 saturated heterocycles. The Balaban J connectivity index is 1.59. The Morgan fingerprint density at radius 1 is 1.38 bits per heavy atom. The molecular weight excluding hydrogens is 304 g/mol. The molecule has 128 valence electrons. The number of nitrogens with zero attached hydrogens (tertiary/aromatic N) is 4. The van der Waals surface area contributed by atoms with Crippen LogP contribution in [0.15, 0.2) is 30.5 Å². The van der Waals surface area contributed by atoms with Gasteiger partial charge in [0.1, 0.15) is 6.54 Å². The minimum Gasteiger partial charge on any atom is -0.387 e. The molecule has 1 N–H and O–H groups in total. The van der Waals surface area contributed by atoms with Gasteiger partial charge in [-0.15, -0.1) is 5.10 Å². The number of amides is 1. The number of likely N-dealkylation sites (N-methyl/N-ethyl adjacent to an activating group) is 1. The molecule has 1 atom stereocenters. The Kier molecular flexibility index (Phi) is 4.94. The molecule has 6 nitrogen and oxygen atoms in total. The predicted octanol–water partition coefficient (Wildman–Crippen LogP) is 2.05. The van der Waals surface area contributed by atoms with Gasteiger partial charge in [-0.3, -0.25) is 4.79 Å². The van der Waals surface area contributed by atoms with Crippen LogP contribution in [0.5, 0.6) is 0 Å². The highest BCUT2D eigenvalue weighted by Gasteiger charge is 2.27. The van der Waals surface area contributed by atoms with Crippen molar-refractivity contribution in [3.8, 4) is 0 Å². The number of aromatic nitrogens is 3. The first-order valence-electron chi connectivity index (χ1n) is 8.49. The minimum absolute atomic E-state index is 0.0593. The Hall–Kier alpha value is -2.21. The first-order valence-corrected chi connectivity index (χ1v) is 8.49. The van der Waals surface area contributed by atoms with Crippen LogP contribution >= 0.6 is 0 Å². The standard InChI is InChI=1S/C18H24N4O2/c1-3-21(11-17(23)15-6-4-13(2)5-7-15)18(24)12-22-10-16(19-20-22)14-8-9-14/h4-7,10,14,17,23H,3,8-9,11-12H2,1-2H3. The van der Waals surface area contributed by atoms with E-state index < -0.39 is 6.10 Å². The largest absolute Gasteiger partial charge is 0.387 e. The quantitative estimate of drug-likeness (QED) is 0.844. The third-order valence-corrected chi connectivity index (χ3v) is 4.44. The highest BCUT2D eigenvalue weighted by Crippen LogP contribution is 2.38. The number of aliphatic hydroxyl groups is 1. The fraction of sp³-hybridized carbons (Fsp3) is 0.500. The van der Waals surface area contributed by atoms with Crippen LogP contribution in [0.2, 0.25) is 0 Å². The lowest BCUT2D eigenvalue weighted by atomic mass is 10.1. The number of aliphatic hydroxyl groups excluding tert-OH is 1. The first-order chi connectivity index (χ1) is 11.6. The zero-order valence-corrected chi connectivity index (χ0v) is 14.2. The zero-order chi connectivity index (χ0) is 17.1. The smallest absolute Gasteiger partial charge is 0.244 e. The van der Waals surface area contributed by atoms with Gasteiger partial charge in [-0.05, 0) is 32.3 Å². The fourth-order valence-corrected chi connectivity index (χ4v) is 2.71. The van der Waals surface area contributed by atoms with Crippen molar-refractivity contribution in [1.29, 1.82) is 0 Å². The van der Waals surface area contributed by atoms with Gasteiger partial charge in [0, 0.05) is 18.7 Å². The van der Waals surface area contributed by atoms with Crippen LogP contribution in [0.25, 0.3) is 0 Å². The lowest BCUT2D eigenvalue weighted by Gasteiger charge is -2.24. The molecule has 1 amide bonds. The van der Waals surface area contributed by atoms with Gasteiger partial charge in [-0.1, -0.05) is 35.0 Å². The van der Waals surface area contributed by atoms with Crippen LogP contribution in [-0.4, -0.2) is 44.0 Å². The van der Waals surface area contributed by atoms with Crippen molar-refractivity contribution in [2.24, 2.45) is 0 Å². The maximum Gasteiger partial charge on any atom is 0.244 e. The molecule has 1 aromatic heterocycles. The van der Waals surface area contributed by atoms with Crippen LogP contribution in [0.4, 0.5) is 0 Å². The van der Waals surface area contributed by atoms with Gasteiger partial charge < -0.3 is 10.0 Å². The van der Waals surface area contributed by atoms with Crippen LogP contribution in [0, 0.1) is 6.92 Å². The van der Waals surface area contributed by atoms with E-state index in [4.69, 9.17) is 0 Å². The van der Waals surface area contributed by atoms with Crippen molar-refractivity contribution >= 4 is 5.91 Å². The Bertz CT molecular complexity index is 691.